The van der Waals surface area contributed by atoms with Crippen molar-refractivity contribution in [2.24, 2.45) is 0 Å². The molecule has 1 saturated heterocycles. The summed E-state index contributed by atoms with van der Waals surface area (Å²) in [4.78, 5) is 0. The first-order valence-electron chi connectivity index (χ1n) is 4.91. The molecule has 1 atom stereocenters. The molecule has 0 radical (unpaired) electrons. The van der Waals surface area contributed by atoms with Gasteiger partial charge in [-0.05, 0) is 6.92 Å². The van der Waals surface area contributed by atoms with E-state index in [2.05, 4.69) is 52.1 Å². The fourth-order valence-corrected chi connectivity index (χ4v) is 1.16. The zero-order chi connectivity index (χ0) is 11.9. The normalized spacial score (nSPS) is 23.2. The Hall–Kier alpha value is 1.24. The Morgan fingerprint density at radius 1 is 1.53 bits per heavy atom. The van der Waals surface area contributed by atoms with E-state index in [4.69, 9.17) is 9.47 Å². The summed E-state index contributed by atoms with van der Waals surface area (Å²) < 4.78 is 21.6. The fourth-order valence-electron chi connectivity index (χ4n) is 1.16. The van der Waals surface area contributed by atoms with Crippen molar-refractivity contribution in [3.8, 4) is 0 Å². The van der Waals surface area contributed by atoms with E-state index in [0.29, 0.717) is 12.9 Å². The van der Waals surface area contributed by atoms with Gasteiger partial charge in [-0.1, -0.05) is 45.2 Å². The maximum absolute atomic E-state index is 10.0. The molecular weight excluding hydrogens is 421 g/mol. The molecule has 0 amide bonds. The SMILES string of the molecule is CC(I)I.CC1(C)OCC(CCB=O)O1. The summed E-state index contributed by atoms with van der Waals surface area (Å²) in [5.41, 5.74) is 0. The molecule has 1 fully saturated rings. The van der Waals surface area contributed by atoms with Gasteiger partial charge >= 0.3 is 66.4 Å². The Morgan fingerprint density at radius 2 is 2.07 bits per heavy atom. The summed E-state index contributed by atoms with van der Waals surface area (Å²) in [6, 6.07) is 0. The van der Waals surface area contributed by atoms with Crippen LogP contribution in [0.2, 0.25) is 6.32 Å². The van der Waals surface area contributed by atoms with Crippen molar-refractivity contribution in [2.75, 3.05) is 6.61 Å². The molecule has 15 heavy (non-hydrogen) atoms. The van der Waals surface area contributed by atoms with Crippen molar-refractivity contribution in [3.05, 3.63) is 0 Å². The van der Waals surface area contributed by atoms with Crippen LogP contribution in [0.25, 0.3) is 0 Å². The van der Waals surface area contributed by atoms with Crippen LogP contribution >= 0.6 is 45.2 Å². The van der Waals surface area contributed by atoms with E-state index in [1.54, 1.807) is 0 Å². The minimum atomic E-state index is -0.451. The van der Waals surface area contributed by atoms with Gasteiger partial charge < -0.3 is 0 Å². The van der Waals surface area contributed by atoms with Gasteiger partial charge in [-0.2, -0.15) is 0 Å². The van der Waals surface area contributed by atoms with Crippen molar-refractivity contribution in [2.45, 2.75) is 47.3 Å². The molecule has 1 heterocycles. The van der Waals surface area contributed by atoms with Gasteiger partial charge in [0.2, 0.25) is 0 Å². The number of rotatable bonds is 3. The van der Waals surface area contributed by atoms with E-state index in [1.807, 2.05) is 13.8 Å². The average molecular weight is 438 g/mol. The van der Waals surface area contributed by atoms with Crippen LogP contribution in [0.4, 0.5) is 0 Å². The second-order valence-corrected chi connectivity index (χ2v) is 9.83. The van der Waals surface area contributed by atoms with Crippen LogP contribution < -0.4 is 0 Å². The van der Waals surface area contributed by atoms with E-state index in [-0.39, 0.29) is 6.10 Å². The van der Waals surface area contributed by atoms with E-state index < -0.39 is 5.79 Å². The van der Waals surface area contributed by atoms with E-state index in [1.165, 1.54) is 0 Å². The van der Waals surface area contributed by atoms with Crippen LogP contribution in [-0.2, 0) is 14.2 Å². The van der Waals surface area contributed by atoms with Crippen LogP contribution in [0.15, 0.2) is 0 Å². The molecule has 1 rings (SSSR count). The quantitative estimate of drug-likeness (QED) is 0.386. The Morgan fingerprint density at radius 3 is 2.40 bits per heavy atom. The third kappa shape index (κ3) is 10.1. The zero-order valence-corrected chi connectivity index (χ0v) is 13.6. The van der Waals surface area contributed by atoms with Crippen molar-refractivity contribution in [1.82, 2.24) is 0 Å². The molecule has 0 bridgehead atoms. The van der Waals surface area contributed by atoms with Crippen molar-refractivity contribution < 1.29 is 14.2 Å². The zero-order valence-electron chi connectivity index (χ0n) is 9.33. The predicted molar refractivity (Wildman–Crippen MR) is 78.3 cm³/mol. The molecule has 0 N–H and O–H groups in total. The van der Waals surface area contributed by atoms with Gasteiger partial charge in [-0.15, -0.1) is 0 Å². The summed E-state index contributed by atoms with van der Waals surface area (Å²) in [7, 11) is 0.911. The summed E-state index contributed by atoms with van der Waals surface area (Å²) >= 11 is 4.66. The Balaban J connectivity index is 0.000000423. The number of ether oxygens (including phenoxy) is 2. The van der Waals surface area contributed by atoms with Crippen LogP contribution in [0.3, 0.4) is 0 Å². The monoisotopic (exact) mass is 438 g/mol. The van der Waals surface area contributed by atoms with Crippen LogP contribution in [0.1, 0.15) is 27.2 Å². The molecule has 1 aliphatic heterocycles. The molecule has 88 valence electrons. The predicted octanol–water partition coefficient (Wildman–Crippen LogP) is 3.20. The first-order chi connectivity index (χ1) is 6.87. The Kier molecular flexibility index (Phi) is 9.05. The number of hydrogen-bond donors (Lipinski definition) is 0. The van der Waals surface area contributed by atoms with Crippen molar-refractivity contribution in [3.63, 3.8) is 0 Å². The summed E-state index contributed by atoms with van der Waals surface area (Å²) in [6.45, 7) is 6.52. The standard InChI is InChI=1S/C7H13BO3.C2H4I2/c1-7(2)10-5-6(11-7)3-4-8-9;1-2(3)4/h6H,3-5H2,1-2H3;2H,1H3. The number of alkyl halides is 2. The first kappa shape index (κ1) is 16.2. The van der Waals surface area contributed by atoms with Gasteiger partial charge in [0.1, 0.15) is 0 Å². The molecule has 1 unspecified atom stereocenters. The Labute approximate surface area is 120 Å². The van der Waals surface area contributed by atoms with Gasteiger partial charge in [0, 0.05) is 0 Å². The summed E-state index contributed by atoms with van der Waals surface area (Å²) in [5.74, 6) is -0.451. The van der Waals surface area contributed by atoms with Crippen LogP contribution in [0.5, 0.6) is 0 Å². The van der Waals surface area contributed by atoms with Crippen molar-refractivity contribution >= 4 is 52.3 Å². The number of halogens is 2. The van der Waals surface area contributed by atoms with Crippen LogP contribution in [0, 0.1) is 0 Å². The third-order valence-corrected chi connectivity index (χ3v) is 1.67. The topological polar surface area (TPSA) is 35.5 Å². The molecule has 3 nitrogen and oxygen atoms in total. The number of hydrogen-bond acceptors (Lipinski definition) is 3. The van der Waals surface area contributed by atoms with E-state index in [9.17, 15) is 4.70 Å². The molecule has 0 aromatic heterocycles. The minimum absolute atomic E-state index is 0.107. The van der Waals surface area contributed by atoms with Crippen molar-refractivity contribution in [1.29, 1.82) is 0 Å². The van der Waals surface area contributed by atoms with Gasteiger partial charge in [-0.3, -0.25) is 0 Å². The second-order valence-electron chi connectivity index (χ2n) is 3.71. The fraction of sp³-hybridized carbons (Fsp3) is 1.00. The molecule has 0 aliphatic carbocycles. The summed E-state index contributed by atoms with van der Waals surface area (Å²) in [5, 5.41) is 0. The first-order valence-corrected chi connectivity index (χ1v) is 7.40. The molecule has 0 aromatic carbocycles. The molecule has 0 saturated carbocycles. The van der Waals surface area contributed by atoms with Gasteiger partial charge in [0.05, 0.1) is 1.93 Å². The van der Waals surface area contributed by atoms with Crippen LogP contribution in [-0.4, -0.2) is 27.6 Å². The molecule has 1 aliphatic rings. The van der Waals surface area contributed by atoms with E-state index in [0.717, 1.165) is 15.5 Å². The molecular formula is C9H17BI2O3. The van der Waals surface area contributed by atoms with Gasteiger partial charge in [0.15, 0.2) is 0 Å². The maximum atomic E-state index is 10.0. The average Bonchev–Trinajstić information content (AvgIpc) is 2.41. The molecule has 6 heteroatoms. The summed E-state index contributed by atoms with van der Waals surface area (Å²) in [6.07, 6.45) is 1.44. The van der Waals surface area contributed by atoms with Gasteiger partial charge in [0.25, 0.3) is 0 Å². The van der Waals surface area contributed by atoms with E-state index >= 15 is 0 Å². The third-order valence-electron chi connectivity index (χ3n) is 1.67. The second kappa shape index (κ2) is 8.35. The molecule has 0 spiro atoms. The Bertz CT molecular complexity index is 185. The van der Waals surface area contributed by atoms with Gasteiger partial charge in [-0.25, -0.2) is 0 Å². The molecule has 0 aromatic rings.